The Balaban J connectivity index is 0.947. The standard InChI is InChI=1S/C56H38S2/c1-33-30-38(39-25-28-48-51(32-39)57-50-29-26-36-24-27-47-41-15-9-10-21-49(41)58-56(47)53(36)55(48)50)23-22-37(33)31-34(2)52-43-16-5-7-18-45(43)54(46-19-8-6-17-44(46)52)42-20-11-13-35-12-3-4-14-40(35)42/h3-32,41,49H,1-2H3/b34-31+. The van der Waals surface area contributed by atoms with Gasteiger partial charge in [-0.15, -0.1) is 23.1 Å². The molecule has 1 aliphatic carbocycles. The van der Waals surface area contributed by atoms with Gasteiger partial charge >= 0.3 is 0 Å². The third-order valence-corrected chi connectivity index (χ3v) is 15.2. The molecule has 0 amide bonds. The summed E-state index contributed by atoms with van der Waals surface area (Å²) in [5, 5.41) is 13.7. The van der Waals surface area contributed by atoms with Gasteiger partial charge in [-0.05, 0) is 114 Å². The lowest BCUT2D eigenvalue weighted by molar-refractivity contribution is 0.884. The van der Waals surface area contributed by atoms with Crippen LogP contribution in [0, 0.1) is 6.92 Å². The molecule has 1 aromatic heterocycles. The second kappa shape index (κ2) is 13.2. The molecule has 0 bridgehead atoms. The highest BCUT2D eigenvalue weighted by molar-refractivity contribution is 8.00. The first-order valence-electron chi connectivity index (χ1n) is 20.2. The van der Waals surface area contributed by atoms with Gasteiger partial charge in [-0.2, -0.15) is 0 Å². The van der Waals surface area contributed by atoms with E-state index in [9.17, 15) is 0 Å². The Morgan fingerprint density at radius 3 is 2.05 bits per heavy atom. The summed E-state index contributed by atoms with van der Waals surface area (Å²) in [6, 6.07) is 56.9. The van der Waals surface area contributed by atoms with Gasteiger partial charge in [0, 0.05) is 41.6 Å². The number of thioether (sulfide) groups is 1. The predicted octanol–water partition coefficient (Wildman–Crippen LogP) is 16.6. The molecule has 1 aliphatic heterocycles. The lowest BCUT2D eigenvalue weighted by Crippen LogP contribution is -2.06. The SMILES string of the molecule is C/C(=C\c1ccc(-c2ccc3c(c2)sc2ccc4ccc5c(c4c23)SC2C=CC=CC52)cc1C)c1c2ccccc2c(-c2cccc3ccccc23)c2ccccc12. The van der Waals surface area contributed by atoms with E-state index in [2.05, 4.69) is 196 Å². The second-order valence-corrected chi connectivity index (χ2v) is 18.3. The van der Waals surface area contributed by atoms with Gasteiger partial charge in [-0.3, -0.25) is 0 Å². The number of thiophene rings is 1. The zero-order valence-electron chi connectivity index (χ0n) is 32.3. The molecular formula is C56H38S2. The van der Waals surface area contributed by atoms with E-state index in [1.165, 1.54) is 118 Å². The number of hydrogen-bond donors (Lipinski definition) is 0. The fourth-order valence-corrected chi connectivity index (χ4v) is 12.6. The van der Waals surface area contributed by atoms with E-state index in [4.69, 9.17) is 0 Å². The van der Waals surface area contributed by atoms with Crippen LogP contribution in [0.25, 0.3) is 97.2 Å². The smallest absolute Gasteiger partial charge is 0.0381 e. The van der Waals surface area contributed by atoms with Crippen molar-refractivity contribution in [2.45, 2.75) is 29.9 Å². The van der Waals surface area contributed by atoms with Crippen molar-refractivity contribution in [3.8, 4) is 22.3 Å². The van der Waals surface area contributed by atoms with Crippen molar-refractivity contribution >= 4 is 98.0 Å². The van der Waals surface area contributed by atoms with Crippen LogP contribution in [0.3, 0.4) is 0 Å². The fraction of sp³-hybridized carbons (Fsp3) is 0.0714. The van der Waals surface area contributed by atoms with Gasteiger partial charge < -0.3 is 0 Å². The highest BCUT2D eigenvalue weighted by Crippen LogP contribution is 2.53. The molecule has 0 saturated carbocycles. The minimum Gasteiger partial charge on any atom is -0.135 e. The Labute approximate surface area is 346 Å². The van der Waals surface area contributed by atoms with Crippen LogP contribution in [0.2, 0.25) is 0 Å². The van der Waals surface area contributed by atoms with Gasteiger partial charge in [0.05, 0.1) is 0 Å². The lowest BCUT2D eigenvalue weighted by atomic mass is 9.84. The molecule has 2 atom stereocenters. The van der Waals surface area contributed by atoms with Crippen molar-refractivity contribution in [2.75, 3.05) is 0 Å². The van der Waals surface area contributed by atoms with Gasteiger partial charge in [-0.1, -0.05) is 170 Å². The molecule has 2 unspecified atom stereocenters. The van der Waals surface area contributed by atoms with Crippen molar-refractivity contribution < 1.29 is 0 Å². The number of allylic oxidation sites excluding steroid dienone is 4. The van der Waals surface area contributed by atoms with Crippen LogP contribution in [0.5, 0.6) is 0 Å². The van der Waals surface area contributed by atoms with E-state index in [1.807, 2.05) is 23.1 Å². The molecule has 0 spiro atoms. The Kier molecular flexibility index (Phi) is 7.70. The summed E-state index contributed by atoms with van der Waals surface area (Å²) in [6.07, 6.45) is 11.6. The minimum absolute atomic E-state index is 0.464. The topological polar surface area (TPSA) is 0 Å². The van der Waals surface area contributed by atoms with Crippen molar-refractivity contribution in [1.29, 1.82) is 0 Å². The van der Waals surface area contributed by atoms with E-state index in [1.54, 1.807) is 0 Å². The van der Waals surface area contributed by atoms with Crippen LogP contribution in [0.1, 0.15) is 35.1 Å². The van der Waals surface area contributed by atoms with Crippen LogP contribution in [0.15, 0.2) is 181 Å². The van der Waals surface area contributed by atoms with Crippen LogP contribution >= 0.6 is 23.1 Å². The number of rotatable bonds is 4. The summed E-state index contributed by atoms with van der Waals surface area (Å²) in [5.74, 6) is 0.464. The Hall–Kier alpha value is -6.19. The van der Waals surface area contributed by atoms with Crippen LogP contribution in [-0.2, 0) is 0 Å². The minimum atomic E-state index is 0.464. The van der Waals surface area contributed by atoms with Crippen LogP contribution in [-0.4, -0.2) is 5.25 Å². The molecule has 0 N–H and O–H groups in total. The summed E-state index contributed by atoms with van der Waals surface area (Å²) in [4.78, 5) is 1.47. The molecule has 12 rings (SSSR count). The van der Waals surface area contributed by atoms with Crippen molar-refractivity contribution in [3.05, 3.63) is 198 Å². The first kappa shape index (κ1) is 33.9. The van der Waals surface area contributed by atoms with E-state index in [0.29, 0.717) is 11.2 Å². The summed E-state index contributed by atoms with van der Waals surface area (Å²) in [7, 11) is 0. The summed E-state index contributed by atoms with van der Waals surface area (Å²) in [5.41, 5.74) is 11.7. The molecule has 10 aromatic rings. The maximum Gasteiger partial charge on any atom is 0.0381 e. The third kappa shape index (κ3) is 5.15. The van der Waals surface area contributed by atoms with Crippen LogP contribution < -0.4 is 0 Å². The number of aryl methyl sites for hydroxylation is 1. The van der Waals surface area contributed by atoms with Crippen molar-refractivity contribution in [3.63, 3.8) is 0 Å². The maximum atomic E-state index is 2.42. The normalized spacial score (nSPS) is 16.3. The highest BCUT2D eigenvalue weighted by Gasteiger charge is 2.33. The van der Waals surface area contributed by atoms with E-state index in [-0.39, 0.29) is 0 Å². The highest BCUT2D eigenvalue weighted by atomic mass is 32.2. The van der Waals surface area contributed by atoms with Gasteiger partial charge in [0.15, 0.2) is 0 Å². The number of fused-ring (bicyclic) bond motifs is 12. The molecule has 0 radical (unpaired) electrons. The van der Waals surface area contributed by atoms with Crippen LogP contribution in [0.4, 0.5) is 0 Å². The van der Waals surface area contributed by atoms with Gasteiger partial charge in [0.1, 0.15) is 0 Å². The molecule has 58 heavy (non-hydrogen) atoms. The van der Waals surface area contributed by atoms with Gasteiger partial charge in [0.25, 0.3) is 0 Å². The average Bonchev–Trinajstić information content (AvgIpc) is 3.84. The van der Waals surface area contributed by atoms with E-state index < -0.39 is 0 Å². The van der Waals surface area contributed by atoms with E-state index in [0.717, 1.165) is 0 Å². The van der Waals surface area contributed by atoms with Gasteiger partial charge in [0.2, 0.25) is 0 Å². The molecule has 0 fully saturated rings. The average molecular weight is 775 g/mol. The first-order chi connectivity index (χ1) is 28.6. The largest absolute Gasteiger partial charge is 0.135 e. The molecule has 9 aromatic carbocycles. The second-order valence-electron chi connectivity index (χ2n) is 16.0. The summed E-state index contributed by atoms with van der Waals surface area (Å²) < 4.78 is 2.72. The predicted molar refractivity (Wildman–Crippen MR) is 256 cm³/mol. The molecule has 2 heteroatoms. The number of hydrogen-bond acceptors (Lipinski definition) is 2. The zero-order chi connectivity index (χ0) is 38.5. The lowest BCUT2D eigenvalue weighted by Gasteiger charge is -2.19. The maximum absolute atomic E-state index is 2.42. The molecule has 0 nitrogen and oxygen atoms in total. The Bertz CT molecular complexity index is 3400. The Morgan fingerprint density at radius 1 is 0.552 bits per heavy atom. The number of benzene rings is 9. The van der Waals surface area contributed by atoms with E-state index >= 15 is 0 Å². The third-order valence-electron chi connectivity index (χ3n) is 12.7. The van der Waals surface area contributed by atoms with Crippen molar-refractivity contribution in [1.82, 2.24) is 0 Å². The summed E-state index contributed by atoms with van der Waals surface area (Å²) in [6.45, 7) is 4.54. The molecule has 274 valence electrons. The quantitative estimate of drug-likeness (QED) is 0.127. The van der Waals surface area contributed by atoms with Crippen molar-refractivity contribution in [2.24, 2.45) is 0 Å². The molecule has 2 heterocycles. The van der Waals surface area contributed by atoms with Gasteiger partial charge in [-0.25, -0.2) is 0 Å². The molecular weight excluding hydrogens is 737 g/mol. The monoisotopic (exact) mass is 774 g/mol. The summed E-state index contributed by atoms with van der Waals surface area (Å²) >= 11 is 3.97. The Morgan fingerprint density at radius 2 is 1.24 bits per heavy atom. The zero-order valence-corrected chi connectivity index (χ0v) is 33.9. The first-order valence-corrected chi connectivity index (χ1v) is 21.9. The molecule has 2 aliphatic rings. The fourth-order valence-electron chi connectivity index (χ4n) is 9.96. The molecule has 0 saturated heterocycles.